The van der Waals surface area contributed by atoms with E-state index in [1.54, 1.807) is 4.90 Å². The van der Waals surface area contributed by atoms with Crippen LogP contribution in [0, 0.1) is 6.92 Å². The number of amides is 1. The molecule has 0 aliphatic carbocycles. The molecule has 1 aliphatic rings. The summed E-state index contributed by atoms with van der Waals surface area (Å²) in [7, 11) is 0. The van der Waals surface area contributed by atoms with E-state index in [0.717, 1.165) is 12.0 Å². The van der Waals surface area contributed by atoms with Crippen molar-refractivity contribution in [2.45, 2.75) is 19.4 Å². The molecule has 1 fully saturated rings. The molecule has 2 rings (SSSR count). The number of benzene rings is 1. The second-order valence-electron chi connectivity index (χ2n) is 4.35. The summed E-state index contributed by atoms with van der Waals surface area (Å²) in [5, 5.41) is 0. The molecule has 1 aromatic carbocycles. The third kappa shape index (κ3) is 2.77. The summed E-state index contributed by atoms with van der Waals surface area (Å²) >= 11 is 0. The fraction of sp³-hybridized carbons (Fsp3) is 0.462. The molecule has 17 heavy (non-hydrogen) atoms. The van der Waals surface area contributed by atoms with E-state index < -0.39 is 0 Å². The highest BCUT2D eigenvalue weighted by Crippen LogP contribution is 2.26. The van der Waals surface area contributed by atoms with E-state index in [1.807, 2.05) is 31.2 Å². The summed E-state index contributed by atoms with van der Waals surface area (Å²) < 4.78 is 5.41. The molecule has 0 spiro atoms. The minimum absolute atomic E-state index is 0.114. The molecule has 0 saturated carbocycles. The van der Waals surface area contributed by atoms with Gasteiger partial charge in [0.1, 0.15) is 6.10 Å². The third-order valence-electron chi connectivity index (χ3n) is 3.01. The van der Waals surface area contributed by atoms with E-state index in [0.29, 0.717) is 19.6 Å². The number of nitrogens with two attached hydrogens (primary N) is 1. The lowest BCUT2D eigenvalue weighted by Gasteiger charge is -2.31. The number of cyclic esters (lactones) is 1. The van der Waals surface area contributed by atoms with Crippen molar-refractivity contribution in [1.82, 2.24) is 4.90 Å². The number of carbonyl (C=O) groups excluding carboxylic acids is 1. The fourth-order valence-electron chi connectivity index (χ4n) is 1.99. The molecule has 2 N–H and O–H groups in total. The maximum atomic E-state index is 11.7. The summed E-state index contributed by atoms with van der Waals surface area (Å²) in [6.07, 6.45) is 0.457. The Bertz CT molecular complexity index is 389. The highest BCUT2D eigenvalue weighted by molar-refractivity contribution is 5.68. The van der Waals surface area contributed by atoms with Crippen molar-refractivity contribution in [2.24, 2.45) is 5.73 Å². The van der Waals surface area contributed by atoms with Crippen LogP contribution in [0.1, 0.15) is 23.7 Å². The minimum atomic E-state index is -0.257. The quantitative estimate of drug-likeness (QED) is 0.868. The van der Waals surface area contributed by atoms with Crippen molar-refractivity contribution >= 4 is 6.09 Å². The number of nitrogens with zero attached hydrogens (tertiary/aromatic N) is 1. The Morgan fingerprint density at radius 3 is 2.71 bits per heavy atom. The predicted molar refractivity (Wildman–Crippen MR) is 65.6 cm³/mol. The molecule has 92 valence electrons. The first-order chi connectivity index (χ1) is 8.20. The van der Waals surface area contributed by atoms with Gasteiger partial charge in [-0.05, 0) is 12.5 Å². The van der Waals surface area contributed by atoms with Crippen molar-refractivity contribution in [3.8, 4) is 0 Å². The highest BCUT2D eigenvalue weighted by Gasteiger charge is 2.27. The first-order valence-corrected chi connectivity index (χ1v) is 5.93. The van der Waals surface area contributed by atoms with Gasteiger partial charge in [-0.15, -0.1) is 0 Å². The lowest BCUT2D eigenvalue weighted by Crippen LogP contribution is -2.41. The third-order valence-corrected chi connectivity index (χ3v) is 3.01. The van der Waals surface area contributed by atoms with Crippen LogP contribution in [0.5, 0.6) is 0 Å². The molecule has 1 atom stereocenters. The van der Waals surface area contributed by atoms with Crippen LogP contribution in [0.3, 0.4) is 0 Å². The maximum Gasteiger partial charge on any atom is 0.410 e. The summed E-state index contributed by atoms with van der Waals surface area (Å²) in [6.45, 7) is 3.80. The van der Waals surface area contributed by atoms with Gasteiger partial charge < -0.3 is 15.4 Å². The van der Waals surface area contributed by atoms with Gasteiger partial charge in [0, 0.05) is 26.1 Å². The summed E-state index contributed by atoms with van der Waals surface area (Å²) in [5.74, 6) is 0. The highest BCUT2D eigenvalue weighted by atomic mass is 16.6. The van der Waals surface area contributed by atoms with E-state index in [1.165, 1.54) is 5.56 Å². The molecule has 1 aliphatic heterocycles. The smallest absolute Gasteiger partial charge is 0.410 e. The van der Waals surface area contributed by atoms with Gasteiger partial charge in [-0.2, -0.15) is 0 Å². The molecule has 1 unspecified atom stereocenters. The first-order valence-electron chi connectivity index (χ1n) is 5.93. The Kier molecular flexibility index (Phi) is 3.64. The summed E-state index contributed by atoms with van der Waals surface area (Å²) in [4.78, 5) is 13.3. The van der Waals surface area contributed by atoms with Crippen LogP contribution in [-0.4, -0.2) is 30.6 Å². The van der Waals surface area contributed by atoms with E-state index >= 15 is 0 Å². The van der Waals surface area contributed by atoms with Crippen molar-refractivity contribution in [3.05, 3.63) is 35.4 Å². The van der Waals surface area contributed by atoms with E-state index in [9.17, 15) is 4.79 Å². The average Bonchev–Trinajstić information content (AvgIpc) is 2.33. The molecule has 1 saturated heterocycles. The van der Waals surface area contributed by atoms with Crippen LogP contribution >= 0.6 is 0 Å². The average molecular weight is 234 g/mol. The predicted octanol–water partition coefficient (Wildman–Crippen LogP) is 1.84. The normalized spacial score (nSPS) is 20.2. The van der Waals surface area contributed by atoms with Crippen LogP contribution in [0.25, 0.3) is 0 Å². The number of hydrogen-bond donors (Lipinski definition) is 1. The monoisotopic (exact) mass is 234 g/mol. The van der Waals surface area contributed by atoms with Gasteiger partial charge in [0.05, 0.1) is 0 Å². The molecule has 1 heterocycles. The molecular weight excluding hydrogens is 216 g/mol. The van der Waals surface area contributed by atoms with E-state index in [2.05, 4.69) is 0 Å². The van der Waals surface area contributed by atoms with Crippen molar-refractivity contribution in [2.75, 3.05) is 19.6 Å². The molecule has 1 aromatic rings. The second kappa shape index (κ2) is 5.19. The molecule has 1 amide bonds. The Hall–Kier alpha value is -1.55. The van der Waals surface area contributed by atoms with Gasteiger partial charge in [-0.3, -0.25) is 0 Å². The van der Waals surface area contributed by atoms with Gasteiger partial charge in [-0.25, -0.2) is 4.79 Å². The van der Waals surface area contributed by atoms with Crippen LogP contribution < -0.4 is 5.73 Å². The topological polar surface area (TPSA) is 55.6 Å². The largest absolute Gasteiger partial charge is 0.441 e. The second-order valence-corrected chi connectivity index (χ2v) is 4.35. The minimum Gasteiger partial charge on any atom is -0.441 e. The Labute approximate surface area is 101 Å². The van der Waals surface area contributed by atoms with Crippen LogP contribution in [-0.2, 0) is 4.74 Å². The van der Waals surface area contributed by atoms with Gasteiger partial charge in [0.2, 0.25) is 0 Å². The Balaban J connectivity index is 2.01. The molecular formula is C13H18N2O2. The van der Waals surface area contributed by atoms with Crippen LogP contribution in [0.2, 0.25) is 0 Å². The number of hydrogen-bond acceptors (Lipinski definition) is 3. The SMILES string of the molecule is Cc1ccc(C2CCN(CCN)C(=O)O2)cc1. The zero-order chi connectivity index (χ0) is 12.3. The number of carbonyl (C=O) groups is 1. The fourth-order valence-corrected chi connectivity index (χ4v) is 1.99. The van der Waals surface area contributed by atoms with Crippen molar-refractivity contribution in [1.29, 1.82) is 0 Å². The van der Waals surface area contributed by atoms with Crippen LogP contribution in [0.4, 0.5) is 4.79 Å². The molecule has 0 aromatic heterocycles. The van der Waals surface area contributed by atoms with Gasteiger partial charge in [0.25, 0.3) is 0 Å². The molecule has 0 radical (unpaired) electrons. The zero-order valence-electron chi connectivity index (χ0n) is 10.1. The molecule has 4 nitrogen and oxygen atoms in total. The molecule has 0 bridgehead atoms. The van der Waals surface area contributed by atoms with E-state index in [4.69, 9.17) is 10.5 Å². The first kappa shape index (κ1) is 11.9. The molecule has 4 heteroatoms. The van der Waals surface area contributed by atoms with Gasteiger partial charge in [0.15, 0.2) is 0 Å². The number of ether oxygens (including phenoxy) is 1. The van der Waals surface area contributed by atoms with Crippen LogP contribution in [0.15, 0.2) is 24.3 Å². The van der Waals surface area contributed by atoms with Gasteiger partial charge >= 0.3 is 6.09 Å². The summed E-state index contributed by atoms with van der Waals surface area (Å²) in [5.41, 5.74) is 7.71. The van der Waals surface area contributed by atoms with Crippen molar-refractivity contribution in [3.63, 3.8) is 0 Å². The van der Waals surface area contributed by atoms with E-state index in [-0.39, 0.29) is 12.2 Å². The summed E-state index contributed by atoms with van der Waals surface area (Å²) in [6, 6.07) is 8.11. The number of rotatable bonds is 3. The lowest BCUT2D eigenvalue weighted by atomic mass is 10.0. The standard InChI is InChI=1S/C13H18N2O2/c1-10-2-4-11(5-3-10)12-6-8-15(9-7-14)13(16)17-12/h2-5,12H,6-9,14H2,1H3. The lowest BCUT2D eigenvalue weighted by molar-refractivity contribution is 0.0252. The maximum absolute atomic E-state index is 11.7. The zero-order valence-corrected chi connectivity index (χ0v) is 10.1. The Morgan fingerprint density at radius 1 is 1.41 bits per heavy atom. The Morgan fingerprint density at radius 2 is 2.12 bits per heavy atom. The number of aryl methyl sites for hydroxylation is 1. The van der Waals surface area contributed by atoms with Crippen molar-refractivity contribution < 1.29 is 9.53 Å². The van der Waals surface area contributed by atoms with Gasteiger partial charge in [-0.1, -0.05) is 29.8 Å².